The summed E-state index contributed by atoms with van der Waals surface area (Å²) in [5.41, 5.74) is 0.238. The summed E-state index contributed by atoms with van der Waals surface area (Å²) in [7, 11) is 0. The first kappa shape index (κ1) is 66.7. The average molecular weight is 868 g/mol. The van der Waals surface area contributed by atoms with Crippen LogP contribution in [-0.4, -0.2) is 90.0 Å². The summed E-state index contributed by atoms with van der Waals surface area (Å²) in [6.45, 7) is 48.0. The highest BCUT2D eigenvalue weighted by Crippen LogP contribution is 2.24. The van der Waals surface area contributed by atoms with E-state index in [1.807, 2.05) is 83.1 Å². The molecule has 0 saturated carbocycles. The van der Waals surface area contributed by atoms with E-state index in [-0.39, 0.29) is 59.3 Å². The number of aliphatic hydroxyl groups excluding tert-OH is 1. The van der Waals surface area contributed by atoms with Crippen molar-refractivity contribution >= 4 is 29.6 Å². The van der Waals surface area contributed by atoms with Crippen LogP contribution < -0.4 is 5.32 Å². The van der Waals surface area contributed by atoms with E-state index in [9.17, 15) is 19.5 Å². The lowest BCUT2D eigenvalue weighted by Gasteiger charge is -2.25. The first-order valence-electron chi connectivity index (χ1n) is 21.6. The van der Waals surface area contributed by atoms with Crippen LogP contribution in [0.1, 0.15) is 199 Å². The zero-order chi connectivity index (χ0) is 46.8. The predicted molar refractivity (Wildman–Crippen MR) is 253 cm³/mol. The molecule has 0 bridgehead atoms. The van der Waals surface area contributed by atoms with Crippen molar-refractivity contribution in [3.8, 4) is 0 Å². The van der Waals surface area contributed by atoms with Crippen LogP contribution >= 0.6 is 11.8 Å². The molecule has 0 heterocycles. The zero-order valence-corrected chi connectivity index (χ0v) is 43.0. The molecule has 1 amide bonds. The van der Waals surface area contributed by atoms with E-state index in [0.717, 1.165) is 6.42 Å². The molecular formula is C48H101NO9S. The number of ether oxygens (including phenoxy) is 5. The fourth-order valence-corrected chi connectivity index (χ4v) is 4.69. The molecule has 0 unspecified atom stereocenters. The molecule has 0 radical (unpaired) electrons. The van der Waals surface area contributed by atoms with E-state index >= 15 is 0 Å². The Hall–Kier alpha value is -1.40. The van der Waals surface area contributed by atoms with Crippen LogP contribution in [0.4, 0.5) is 0 Å². The summed E-state index contributed by atoms with van der Waals surface area (Å²) in [5.74, 6) is 1.63. The number of carbonyl (C=O) groups is 3. The standard InChI is InChI=1S/C14H30S.C12H25NO2.C11H24O3.C10H18O4.CH4/c1-13(2,3)9-7-11-15-12-8-10-14(4,5)6;1-11(2,3)10(14)13-8-7-9-15-12(4,5)6;1-10(2,3)13-7-9(12)8-14-11(4,5)6;1-6(2)9(11)13-8(5)14-10(12)7(3)4;/h7-12H2,1-6H3;7-9H2,1-6H3,(H,13,14);9,12H,7-8H2,1-6H3;6-8H,1-5H3;1H4. The predicted octanol–water partition coefficient (Wildman–Crippen LogP) is 12.1. The fourth-order valence-electron chi connectivity index (χ4n) is 3.79. The van der Waals surface area contributed by atoms with Crippen molar-refractivity contribution in [2.75, 3.05) is 37.9 Å². The topological polar surface area (TPSA) is 130 Å². The first-order valence-corrected chi connectivity index (χ1v) is 22.8. The van der Waals surface area contributed by atoms with E-state index in [0.29, 0.717) is 37.2 Å². The highest BCUT2D eigenvalue weighted by molar-refractivity contribution is 7.99. The molecule has 2 N–H and O–H groups in total. The van der Waals surface area contributed by atoms with Gasteiger partial charge in [0.2, 0.25) is 12.2 Å². The van der Waals surface area contributed by atoms with Gasteiger partial charge in [0, 0.05) is 25.5 Å². The minimum absolute atomic E-state index is 0. The number of rotatable bonds is 18. The molecule has 0 spiro atoms. The maximum Gasteiger partial charge on any atom is 0.311 e. The molecule has 0 aliphatic carbocycles. The van der Waals surface area contributed by atoms with Gasteiger partial charge in [-0.1, -0.05) is 97.4 Å². The molecule has 0 rings (SSSR count). The van der Waals surface area contributed by atoms with Crippen LogP contribution in [0.3, 0.4) is 0 Å². The largest absolute Gasteiger partial charge is 0.425 e. The maximum absolute atomic E-state index is 11.5. The van der Waals surface area contributed by atoms with Gasteiger partial charge in [-0.25, -0.2) is 0 Å². The Balaban J connectivity index is -0.000000219. The van der Waals surface area contributed by atoms with Gasteiger partial charge in [-0.15, -0.1) is 0 Å². The summed E-state index contributed by atoms with van der Waals surface area (Å²) in [5, 5.41) is 12.4. The van der Waals surface area contributed by atoms with E-state index in [1.54, 1.807) is 27.7 Å². The van der Waals surface area contributed by atoms with Gasteiger partial charge in [-0.2, -0.15) is 11.8 Å². The Kier molecular flexibility index (Phi) is 36.5. The Morgan fingerprint density at radius 2 is 0.898 bits per heavy atom. The van der Waals surface area contributed by atoms with E-state index in [2.05, 4.69) is 58.6 Å². The Morgan fingerprint density at radius 3 is 1.17 bits per heavy atom. The number of carbonyl (C=O) groups excluding carboxylic acids is 3. The molecule has 10 nitrogen and oxygen atoms in total. The van der Waals surface area contributed by atoms with Gasteiger partial charge >= 0.3 is 11.9 Å². The van der Waals surface area contributed by atoms with Gasteiger partial charge in [-0.3, -0.25) is 14.4 Å². The summed E-state index contributed by atoms with van der Waals surface area (Å²) in [6.07, 6.45) is 4.98. The van der Waals surface area contributed by atoms with E-state index in [1.165, 1.54) is 44.1 Å². The van der Waals surface area contributed by atoms with E-state index < -0.39 is 12.4 Å². The van der Waals surface area contributed by atoms with Gasteiger partial charge < -0.3 is 34.1 Å². The minimum Gasteiger partial charge on any atom is -0.425 e. The highest BCUT2D eigenvalue weighted by Gasteiger charge is 2.21. The van der Waals surface area contributed by atoms with Crippen molar-refractivity contribution in [3.63, 3.8) is 0 Å². The minimum atomic E-state index is -0.806. The quantitative estimate of drug-likeness (QED) is 0.0780. The third-order valence-electron chi connectivity index (χ3n) is 7.18. The molecule has 0 aromatic heterocycles. The van der Waals surface area contributed by atoms with Gasteiger partial charge in [0.1, 0.15) is 6.10 Å². The number of aliphatic hydroxyl groups is 1. The number of amides is 1. The Labute approximate surface area is 370 Å². The lowest BCUT2D eigenvalue weighted by Crippen LogP contribution is -2.35. The second-order valence-corrected chi connectivity index (χ2v) is 23.2. The number of hydrogen-bond acceptors (Lipinski definition) is 10. The maximum atomic E-state index is 11.5. The Morgan fingerprint density at radius 1 is 0.559 bits per heavy atom. The molecule has 0 aliphatic heterocycles. The number of thioether (sulfide) groups is 1. The second kappa shape index (κ2) is 32.3. The molecule has 358 valence electrons. The van der Waals surface area contributed by atoms with E-state index in [4.69, 9.17) is 23.7 Å². The van der Waals surface area contributed by atoms with Crippen molar-refractivity contribution in [1.29, 1.82) is 0 Å². The van der Waals surface area contributed by atoms with Crippen molar-refractivity contribution in [1.82, 2.24) is 5.32 Å². The molecule has 0 aliphatic rings. The molecule has 0 aromatic carbocycles. The molecule has 0 atom stereocenters. The van der Waals surface area contributed by atoms with Crippen LogP contribution in [-0.2, 0) is 38.1 Å². The van der Waals surface area contributed by atoms with Crippen molar-refractivity contribution in [2.45, 2.75) is 228 Å². The summed E-state index contributed by atoms with van der Waals surface area (Å²) >= 11 is 2.13. The van der Waals surface area contributed by atoms with Crippen LogP contribution in [0.5, 0.6) is 0 Å². The van der Waals surface area contributed by atoms with Crippen LogP contribution in [0.25, 0.3) is 0 Å². The summed E-state index contributed by atoms with van der Waals surface area (Å²) in [6, 6.07) is 0. The van der Waals surface area contributed by atoms with Crippen molar-refractivity contribution in [2.24, 2.45) is 28.1 Å². The van der Waals surface area contributed by atoms with Gasteiger partial charge in [0.15, 0.2) is 0 Å². The SMILES string of the molecule is C.CC(C)(C)CCCSCCCC(C)(C)C.CC(C)(C)OCC(O)COC(C)(C)C.CC(C)(C)OCCCNC(=O)C(C)(C)C.CC(OC(=O)C(C)C)OC(=O)C(C)C. The third kappa shape index (κ3) is 58.7. The monoisotopic (exact) mass is 868 g/mol. The third-order valence-corrected chi connectivity index (χ3v) is 8.33. The van der Waals surface area contributed by atoms with Gasteiger partial charge in [-0.05, 0) is 117 Å². The number of hydrogen-bond donors (Lipinski definition) is 2. The van der Waals surface area contributed by atoms with Gasteiger partial charge in [0.25, 0.3) is 0 Å². The average Bonchev–Trinajstić information content (AvgIpc) is 3.00. The number of esters is 2. The molecule has 0 saturated heterocycles. The van der Waals surface area contributed by atoms with Crippen LogP contribution in [0, 0.1) is 28.1 Å². The lowest BCUT2D eigenvalue weighted by molar-refractivity contribution is -0.188. The number of nitrogens with one attached hydrogen (secondary N) is 1. The van der Waals surface area contributed by atoms with Gasteiger partial charge in [0.05, 0.1) is 41.9 Å². The normalized spacial score (nSPS) is 12.4. The summed E-state index contributed by atoms with van der Waals surface area (Å²) < 4.78 is 26.1. The van der Waals surface area contributed by atoms with Crippen LogP contribution in [0.15, 0.2) is 0 Å². The van der Waals surface area contributed by atoms with Crippen molar-refractivity contribution in [3.05, 3.63) is 0 Å². The molecular weight excluding hydrogens is 767 g/mol. The molecule has 0 fully saturated rings. The van der Waals surface area contributed by atoms with Crippen LogP contribution in [0.2, 0.25) is 0 Å². The fraction of sp³-hybridized carbons (Fsp3) is 0.938. The molecule has 0 aromatic rings. The first-order chi connectivity index (χ1) is 25.8. The van der Waals surface area contributed by atoms with Crippen molar-refractivity contribution < 1.29 is 43.2 Å². The summed E-state index contributed by atoms with van der Waals surface area (Å²) in [4.78, 5) is 33.7. The molecule has 11 heteroatoms. The lowest BCUT2D eigenvalue weighted by atomic mass is 9.91. The zero-order valence-electron chi connectivity index (χ0n) is 42.2. The second-order valence-electron chi connectivity index (χ2n) is 22.0. The smallest absolute Gasteiger partial charge is 0.311 e. The molecule has 59 heavy (non-hydrogen) atoms. The highest BCUT2D eigenvalue weighted by atomic mass is 32.2. The Bertz CT molecular complexity index is 993.